The summed E-state index contributed by atoms with van der Waals surface area (Å²) < 4.78 is 3.31. The second kappa shape index (κ2) is 8.58. The van der Waals surface area contributed by atoms with Crippen molar-refractivity contribution >= 4 is 17.1 Å². The third-order valence-electron chi connectivity index (χ3n) is 5.79. The lowest BCUT2D eigenvalue weighted by Gasteiger charge is -2.30. The SMILES string of the molecule is CCC(C)n1c(N2CCNCC2)nc2nc(C#N)n(Cc3ccccc3C#N)c(=O)c21. The van der Waals surface area contributed by atoms with E-state index in [4.69, 9.17) is 0 Å². The topological polar surface area (TPSA) is 116 Å². The van der Waals surface area contributed by atoms with E-state index in [2.05, 4.69) is 40.1 Å². The first-order chi connectivity index (χ1) is 15.1. The van der Waals surface area contributed by atoms with E-state index in [1.165, 1.54) is 4.57 Å². The van der Waals surface area contributed by atoms with Crippen molar-refractivity contribution in [3.63, 3.8) is 0 Å². The molecule has 1 atom stereocenters. The molecule has 0 radical (unpaired) electrons. The Morgan fingerprint density at radius 3 is 2.58 bits per heavy atom. The highest BCUT2D eigenvalue weighted by molar-refractivity contribution is 5.75. The highest BCUT2D eigenvalue weighted by Gasteiger charge is 2.26. The lowest BCUT2D eigenvalue weighted by molar-refractivity contribution is 0.515. The average molecular weight is 416 g/mol. The minimum atomic E-state index is -0.316. The van der Waals surface area contributed by atoms with Crippen LogP contribution in [0.3, 0.4) is 0 Å². The van der Waals surface area contributed by atoms with Gasteiger partial charge in [-0.2, -0.15) is 20.5 Å². The van der Waals surface area contributed by atoms with Gasteiger partial charge in [0.25, 0.3) is 5.56 Å². The molecule has 1 aliphatic rings. The summed E-state index contributed by atoms with van der Waals surface area (Å²) in [6.45, 7) is 7.48. The summed E-state index contributed by atoms with van der Waals surface area (Å²) in [5.74, 6) is 0.709. The standard InChI is InChI=1S/C22H24N8O/c1-3-15(2)30-19-20(27-22(30)28-10-8-25-9-11-28)26-18(13-24)29(21(19)31)14-17-7-5-4-6-16(17)12-23/h4-7,15,25H,3,8-11,14H2,1-2H3. The number of hydrogen-bond acceptors (Lipinski definition) is 7. The van der Waals surface area contributed by atoms with Gasteiger partial charge < -0.3 is 14.8 Å². The van der Waals surface area contributed by atoms with E-state index in [0.29, 0.717) is 22.3 Å². The van der Waals surface area contributed by atoms with Gasteiger partial charge in [-0.05, 0) is 25.0 Å². The number of nitrogens with one attached hydrogen (secondary N) is 1. The molecule has 31 heavy (non-hydrogen) atoms. The van der Waals surface area contributed by atoms with Gasteiger partial charge in [0, 0.05) is 32.2 Å². The molecule has 3 aromatic rings. The van der Waals surface area contributed by atoms with Crippen LogP contribution >= 0.6 is 0 Å². The minimum Gasteiger partial charge on any atom is -0.340 e. The lowest BCUT2D eigenvalue weighted by atomic mass is 10.1. The number of fused-ring (bicyclic) bond motifs is 1. The summed E-state index contributed by atoms with van der Waals surface area (Å²) in [7, 11) is 0. The molecular weight excluding hydrogens is 392 g/mol. The Balaban J connectivity index is 1.94. The monoisotopic (exact) mass is 416 g/mol. The molecule has 0 saturated carbocycles. The van der Waals surface area contributed by atoms with Crippen molar-refractivity contribution in [2.75, 3.05) is 31.1 Å². The first-order valence-electron chi connectivity index (χ1n) is 10.5. The first-order valence-corrected chi connectivity index (χ1v) is 10.5. The van der Waals surface area contributed by atoms with Crippen LogP contribution in [0.2, 0.25) is 0 Å². The Morgan fingerprint density at radius 1 is 1.16 bits per heavy atom. The summed E-state index contributed by atoms with van der Waals surface area (Å²) in [6.07, 6.45) is 0.821. The van der Waals surface area contributed by atoms with E-state index < -0.39 is 0 Å². The third-order valence-corrected chi connectivity index (χ3v) is 5.79. The van der Waals surface area contributed by atoms with E-state index in [-0.39, 0.29) is 24.0 Å². The van der Waals surface area contributed by atoms with Crippen LogP contribution in [0.25, 0.3) is 11.2 Å². The van der Waals surface area contributed by atoms with E-state index in [1.54, 1.807) is 18.2 Å². The number of rotatable bonds is 5. The van der Waals surface area contributed by atoms with Crippen LogP contribution in [0.5, 0.6) is 0 Å². The molecule has 0 spiro atoms. The van der Waals surface area contributed by atoms with Crippen LogP contribution in [0.15, 0.2) is 29.1 Å². The number of nitrogens with zero attached hydrogens (tertiary/aromatic N) is 7. The van der Waals surface area contributed by atoms with Crippen LogP contribution in [0, 0.1) is 22.7 Å². The first kappa shape index (κ1) is 20.6. The van der Waals surface area contributed by atoms with Crippen molar-refractivity contribution in [3.05, 3.63) is 51.6 Å². The van der Waals surface area contributed by atoms with Gasteiger partial charge >= 0.3 is 0 Å². The van der Waals surface area contributed by atoms with Gasteiger partial charge in [-0.25, -0.2) is 0 Å². The zero-order valence-electron chi connectivity index (χ0n) is 17.7. The molecule has 158 valence electrons. The van der Waals surface area contributed by atoms with Crippen molar-refractivity contribution in [1.82, 2.24) is 24.4 Å². The summed E-state index contributed by atoms with van der Waals surface area (Å²) in [5.41, 5.74) is 1.51. The van der Waals surface area contributed by atoms with Crippen LogP contribution in [0.1, 0.15) is 43.3 Å². The van der Waals surface area contributed by atoms with Gasteiger partial charge in [0.2, 0.25) is 11.8 Å². The number of benzene rings is 1. The fourth-order valence-corrected chi connectivity index (χ4v) is 3.93. The quantitative estimate of drug-likeness (QED) is 0.674. The minimum absolute atomic E-state index is 0.00842. The summed E-state index contributed by atoms with van der Waals surface area (Å²) in [5, 5.41) is 22.4. The summed E-state index contributed by atoms with van der Waals surface area (Å²) in [6, 6.07) is 11.3. The average Bonchev–Trinajstić information content (AvgIpc) is 3.20. The number of aromatic nitrogens is 4. The van der Waals surface area contributed by atoms with Crippen molar-refractivity contribution in [1.29, 1.82) is 10.5 Å². The Labute approximate surface area is 180 Å². The van der Waals surface area contributed by atoms with Gasteiger partial charge in [0.05, 0.1) is 18.2 Å². The van der Waals surface area contributed by atoms with Crippen LogP contribution < -0.4 is 15.8 Å². The molecule has 0 bridgehead atoms. The maximum absolute atomic E-state index is 13.6. The zero-order chi connectivity index (χ0) is 22.0. The predicted molar refractivity (Wildman–Crippen MR) is 117 cm³/mol. The molecule has 4 rings (SSSR count). The number of hydrogen-bond donors (Lipinski definition) is 1. The van der Waals surface area contributed by atoms with Crippen molar-refractivity contribution in [2.24, 2.45) is 0 Å². The Morgan fingerprint density at radius 2 is 1.90 bits per heavy atom. The number of imidazole rings is 1. The van der Waals surface area contributed by atoms with Crippen LogP contribution in [0.4, 0.5) is 5.95 Å². The molecule has 3 heterocycles. The third kappa shape index (κ3) is 3.65. The Bertz CT molecular complexity index is 1250. The molecule has 1 fully saturated rings. The fraction of sp³-hybridized carbons (Fsp3) is 0.409. The number of piperazine rings is 1. The molecule has 9 nitrogen and oxygen atoms in total. The summed E-state index contributed by atoms with van der Waals surface area (Å²) in [4.78, 5) is 24.9. The number of anilines is 1. The molecule has 1 aromatic carbocycles. The molecule has 1 N–H and O–H groups in total. The number of nitriles is 2. The predicted octanol–water partition coefficient (Wildman–Crippen LogP) is 1.77. The van der Waals surface area contributed by atoms with Gasteiger partial charge in [0.15, 0.2) is 11.2 Å². The smallest absolute Gasteiger partial charge is 0.280 e. The maximum Gasteiger partial charge on any atom is 0.280 e. The van der Waals surface area contributed by atoms with Gasteiger partial charge in [-0.15, -0.1) is 0 Å². The molecule has 0 aliphatic carbocycles. The van der Waals surface area contributed by atoms with Gasteiger partial charge in [-0.3, -0.25) is 9.36 Å². The highest BCUT2D eigenvalue weighted by atomic mass is 16.1. The molecule has 1 unspecified atom stereocenters. The van der Waals surface area contributed by atoms with Crippen LogP contribution in [-0.4, -0.2) is 45.3 Å². The Hall–Kier alpha value is -3.69. The molecule has 9 heteroatoms. The molecular formula is C22H24N8O. The zero-order valence-corrected chi connectivity index (χ0v) is 17.7. The van der Waals surface area contributed by atoms with E-state index in [9.17, 15) is 15.3 Å². The molecule has 2 aromatic heterocycles. The lowest BCUT2D eigenvalue weighted by Crippen LogP contribution is -2.44. The fourth-order valence-electron chi connectivity index (χ4n) is 3.93. The second-order valence-electron chi connectivity index (χ2n) is 7.66. The second-order valence-corrected chi connectivity index (χ2v) is 7.66. The van der Waals surface area contributed by atoms with Crippen molar-refractivity contribution < 1.29 is 0 Å². The largest absolute Gasteiger partial charge is 0.340 e. The van der Waals surface area contributed by atoms with Gasteiger partial charge in [0.1, 0.15) is 6.07 Å². The molecule has 1 saturated heterocycles. The maximum atomic E-state index is 13.6. The van der Waals surface area contributed by atoms with Crippen LogP contribution in [-0.2, 0) is 6.54 Å². The van der Waals surface area contributed by atoms with Crippen molar-refractivity contribution in [2.45, 2.75) is 32.9 Å². The van der Waals surface area contributed by atoms with E-state index in [0.717, 1.165) is 38.5 Å². The van der Waals surface area contributed by atoms with Crippen molar-refractivity contribution in [3.8, 4) is 12.1 Å². The Kier molecular flexibility index (Phi) is 5.70. The summed E-state index contributed by atoms with van der Waals surface area (Å²) >= 11 is 0. The molecule has 0 amide bonds. The van der Waals surface area contributed by atoms with E-state index in [1.807, 2.05) is 16.7 Å². The molecule has 1 aliphatic heterocycles. The normalized spacial score (nSPS) is 14.9. The van der Waals surface area contributed by atoms with Gasteiger partial charge in [-0.1, -0.05) is 25.1 Å². The highest BCUT2D eigenvalue weighted by Crippen LogP contribution is 2.26. The van der Waals surface area contributed by atoms with E-state index >= 15 is 0 Å².